The fourth-order valence-electron chi connectivity index (χ4n) is 3.11. The van der Waals surface area contributed by atoms with Crippen molar-refractivity contribution in [3.63, 3.8) is 0 Å². The molecule has 2 amide bonds. The Hall–Kier alpha value is -1.93. The number of benzene rings is 1. The van der Waals surface area contributed by atoms with Crippen molar-refractivity contribution in [2.45, 2.75) is 63.4 Å². The fraction of sp³-hybridized carbons (Fsp3) is 0.579. The molecule has 1 fully saturated rings. The molecule has 0 aromatic heterocycles. The van der Waals surface area contributed by atoms with Gasteiger partial charge in [-0.1, -0.05) is 19.4 Å². The molecule has 1 saturated heterocycles. The van der Waals surface area contributed by atoms with Crippen LogP contribution in [-0.2, 0) is 14.8 Å². The summed E-state index contributed by atoms with van der Waals surface area (Å²) in [5.74, 6) is -0.742. The molecule has 7 nitrogen and oxygen atoms in total. The summed E-state index contributed by atoms with van der Waals surface area (Å²) in [7, 11) is -3.65. The van der Waals surface area contributed by atoms with Crippen molar-refractivity contribution in [1.29, 1.82) is 0 Å². The number of sulfonamides is 1. The number of carbonyl (C=O) groups is 2. The molecule has 1 aromatic rings. The summed E-state index contributed by atoms with van der Waals surface area (Å²) in [5, 5.41) is 5.33. The SMILES string of the molecule is CCCNC(=O)[C@H](C)NC(=O)c1cccc(S(=O)(=O)N2CCCC[C@@H]2C)c1. The number of carbonyl (C=O) groups excluding carboxylic acids is 2. The highest BCUT2D eigenvalue weighted by Crippen LogP contribution is 2.25. The Balaban J connectivity index is 2.14. The monoisotopic (exact) mass is 395 g/mol. The van der Waals surface area contributed by atoms with E-state index in [-0.39, 0.29) is 22.4 Å². The number of hydrogen-bond donors (Lipinski definition) is 2. The van der Waals surface area contributed by atoms with Crippen LogP contribution in [0.25, 0.3) is 0 Å². The first-order valence-corrected chi connectivity index (χ1v) is 10.9. The summed E-state index contributed by atoms with van der Waals surface area (Å²) in [4.78, 5) is 24.5. The fourth-order valence-corrected chi connectivity index (χ4v) is 4.85. The maximum atomic E-state index is 13.0. The zero-order valence-corrected chi connectivity index (χ0v) is 17.0. The topological polar surface area (TPSA) is 95.6 Å². The predicted molar refractivity (Wildman–Crippen MR) is 104 cm³/mol. The van der Waals surface area contributed by atoms with Gasteiger partial charge in [0.15, 0.2) is 0 Å². The van der Waals surface area contributed by atoms with Crippen molar-refractivity contribution in [1.82, 2.24) is 14.9 Å². The first-order valence-electron chi connectivity index (χ1n) is 9.48. The van der Waals surface area contributed by atoms with E-state index in [1.165, 1.54) is 16.4 Å². The number of nitrogens with zero attached hydrogens (tertiary/aromatic N) is 1. The molecule has 1 aliphatic rings. The van der Waals surface area contributed by atoms with Crippen LogP contribution in [0.15, 0.2) is 29.2 Å². The lowest BCUT2D eigenvalue weighted by Gasteiger charge is -2.32. The van der Waals surface area contributed by atoms with Crippen LogP contribution in [0.3, 0.4) is 0 Å². The number of hydrogen-bond acceptors (Lipinski definition) is 4. The summed E-state index contributed by atoms with van der Waals surface area (Å²) in [5.41, 5.74) is 0.218. The predicted octanol–water partition coefficient (Wildman–Crippen LogP) is 1.89. The molecule has 0 unspecified atom stereocenters. The summed E-state index contributed by atoms with van der Waals surface area (Å²) in [6.45, 7) is 6.48. The lowest BCUT2D eigenvalue weighted by molar-refractivity contribution is -0.122. The molecule has 27 heavy (non-hydrogen) atoms. The van der Waals surface area contributed by atoms with E-state index in [1.807, 2.05) is 13.8 Å². The third-order valence-corrected chi connectivity index (χ3v) is 6.74. The van der Waals surface area contributed by atoms with Gasteiger partial charge >= 0.3 is 0 Å². The van der Waals surface area contributed by atoms with E-state index in [4.69, 9.17) is 0 Å². The lowest BCUT2D eigenvalue weighted by atomic mass is 10.1. The van der Waals surface area contributed by atoms with Gasteiger partial charge in [0.1, 0.15) is 6.04 Å². The van der Waals surface area contributed by atoms with Crippen LogP contribution >= 0.6 is 0 Å². The minimum Gasteiger partial charge on any atom is -0.354 e. The molecule has 150 valence electrons. The molecular formula is C19H29N3O4S. The second-order valence-corrected chi connectivity index (χ2v) is 8.87. The summed E-state index contributed by atoms with van der Waals surface area (Å²) in [6.07, 6.45) is 3.51. The highest BCUT2D eigenvalue weighted by atomic mass is 32.2. The van der Waals surface area contributed by atoms with Crippen molar-refractivity contribution in [2.75, 3.05) is 13.1 Å². The lowest BCUT2D eigenvalue weighted by Crippen LogP contribution is -2.45. The normalized spacial score (nSPS) is 19.3. The van der Waals surface area contributed by atoms with Crippen LogP contribution in [0.5, 0.6) is 0 Å². The number of amides is 2. The number of rotatable bonds is 7. The zero-order valence-electron chi connectivity index (χ0n) is 16.2. The van der Waals surface area contributed by atoms with E-state index in [1.54, 1.807) is 19.1 Å². The number of nitrogens with one attached hydrogen (secondary N) is 2. The maximum Gasteiger partial charge on any atom is 0.251 e. The van der Waals surface area contributed by atoms with E-state index in [9.17, 15) is 18.0 Å². The van der Waals surface area contributed by atoms with E-state index in [0.29, 0.717) is 13.1 Å². The van der Waals surface area contributed by atoms with E-state index in [2.05, 4.69) is 10.6 Å². The molecule has 2 atom stereocenters. The minimum absolute atomic E-state index is 0.0523. The van der Waals surface area contributed by atoms with Gasteiger partial charge in [-0.05, 0) is 51.3 Å². The largest absolute Gasteiger partial charge is 0.354 e. The van der Waals surface area contributed by atoms with Crippen LogP contribution in [-0.4, -0.2) is 49.7 Å². The second-order valence-electron chi connectivity index (χ2n) is 6.97. The molecule has 0 aliphatic carbocycles. The minimum atomic E-state index is -3.65. The van der Waals surface area contributed by atoms with Crippen LogP contribution < -0.4 is 10.6 Å². The molecule has 1 aromatic carbocycles. The average molecular weight is 396 g/mol. The van der Waals surface area contributed by atoms with E-state index < -0.39 is 22.0 Å². The zero-order chi connectivity index (χ0) is 20.0. The quantitative estimate of drug-likeness (QED) is 0.737. The molecule has 0 spiro atoms. The first-order chi connectivity index (χ1) is 12.8. The van der Waals surface area contributed by atoms with Gasteiger partial charge in [0.25, 0.3) is 5.91 Å². The molecular weight excluding hydrogens is 366 g/mol. The second kappa shape index (κ2) is 9.32. The highest BCUT2D eigenvalue weighted by molar-refractivity contribution is 7.89. The van der Waals surface area contributed by atoms with Gasteiger partial charge in [-0.15, -0.1) is 0 Å². The average Bonchev–Trinajstić information content (AvgIpc) is 2.66. The van der Waals surface area contributed by atoms with Crippen LogP contribution in [0.2, 0.25) is 0 Å². The molecule has 2 rings (SSSR count). The Bertz CT molecular complexity index is 779. The molecule has 2 N–H and O–H groups in total. The van der Waals surface area contributed by atoms with Crippen LogP contribution in [0, 0.1) is 0 Å². The molecule has 0 bridgehead atoms. The molecule has 0 radical (unpaired) electrons. The van der Waals surface area contributed by atoms with Gasteiger partial charge in [-0.3, -0.25) is 9.59 Å². The molecule has 1 heterocycles. The standard InChI is InChI=1S/C19H29N3O4S/c1-4-11-20-18(23)15(3)21-19(24)16-9-7-10-17(13-16)27(25,26)22-12-6-5-8-14(22)2/h7,9-10,13-15H,4-6,8,11-12H2,1-3H3,(H,20,23)(H,21,24)/t14-,15-/m0/s1. The van der Waals surface area contributed by atoms with Gasteiger partial charge in [-0.25, -0.2) is 8.42 Å². The van der Waals surface area contributed by atoms with Gasteiger partial charge in [-0.2, -0.15) is 4.31 Å². The summed E-state index contributed by atoms with van der Waals surface area (Å²) in [6, 6.07) is 5.23. The van der Waals surface area contributed by atoms with E-state index >= 15 is 0 Å². The smallest absolute Gasteiger partial charge is 0.251 e. The summed E-state index contributed by atoms with van der Waals surface area (Å²) >= 11 is 0. The Morgan fingerprint density at radius 1 is 1.30 bits per heavy atom. The third kappa shape index (κ3) is 5.29. The Morgan fingerprint density at radius 2 is 2.04 bits per heavy atom. The maximum absolute atomic E-state index is 13.0. The Labute approximate surface area is 161 Å². The van der Waals surface area contributed by atoms with Crippen molar-refractivity contribution in [3.05, 3.63) is 29.8 Å². The first kappa shape index (κ1) is 21.4. The van der Waals surface area contributed by atoms with Crippen molar-refractivity contribution < 1.29 is 18.0 Å². The van der Waals surface area contributed by atoms with Gasteiger partial charge < -0.3 is 10.6 Å². The number of piperidine rings is 1. The van der Waals surface area contributed by atoms with Crippen LogP contribution in [0.1, 0.15) is 56.8 Å². The van der Waals surface area contributed by atoms with Crippen molar-refractivity contribution >= 4 is 21.8 Å². The molecule has 0 saturated carbocycles. The van der Waals surface area contributed by atoms with Gasteiger partial charge in [0, 0.05) is 24.7 Å². The van der Waals surface area contributed by atoms with E-state index in [0.717, 1.165) is 25.7 Å². The van der Waals surface area contributed by atoms with Gasteiger partial charge in [0.2, 0.25) is 15.9 Å². The Kier molecular flexibility index (Phi) is 7.38. The third-order valence-electron chi connectivity index (χ3n) is 4.73. The van der Waals surface area contributed by atoms with Gasteiger partial charge in [0.05, 0.1) is 4.90 Å². The Morgan fingerprint density at radius 3 is 2.70 bits per heavy atom. The van der Waals surface area contributed by atoms with Crippen molar-refractivity contribution in [3.8, 4) is 0 Å². The van der Waals surface area contributed by atoms with Crippen LogP contribution in [0.4, 0.5) is 0 Å². The summed E-state index contributed by atoms with van der Waals surface area (Å²) < 4.78 is 27.4. The molecule has 8 heteroatoms. The molecule has 1 aliphatic heterocycles. The highest BCUT2D eigenvalue weighted by Gasteiger charge is 2.31. The van der Waals surface area contributed by atoms with Crippen molar-refractivity contribution in [2.24, 2.45) is 0 Å².